The van der Waals surface area contributed by atoms with Crippen LogP contribution in [0, 0.1) is 17.2 Å². The van der Waals surface area contributed by atoms with Crippen LogP contribution in [0.15, 0.2) is 79.1 Å². The van der Waals surface area contributed by atoms with Crippen LogP contribution in [0.3, 0.4) is 0 Å². The SMILES string of the molecule is N#Cc1cncc(COc2cc(O[C@H]3CCc4c(-c5ccccc5)cccc43)c(Cl)cc2CNCC2CCC(=O)C2)c1. The standard InChI is InChI=1S/C35H32ClN3O3/c36-32-15-27(21-39-18-23-9-10-28(40)14-23)34(41-22-25-13-24(17-37)19-38-20-25)16-35(32)42-33-12-11-30-29(7-4-8-31(30)33)26-5-2-1-3-6-26/h1-8,13,15-16,19-20,23,33,39H,9-12,14,18,21-22H2/t23?,33-/m0/s1. The number of nitrogens with zero attached hydrogens (tertiary/aromatic N) is 2. The van der Waals surface area contributed by atoms with Crippen molar-refractivity contribution in [1.29, 1.82) is 5.26 Å². The molecule has 212 valence electrons. The van der Waals surface area contributed by atoms with Crippen molar-refractivity contribution >= 4 is 17.4 Å². The molecule has 7 heteroatoms. The van der Waals surface area contributed by atoms with Gasteiger partial charge in [0.15, 0.2) is 0 Å². The second-order valence-corrected chi connectivity index (χ2v) is 11.4. The first-order valence-corrected chi connectivity index (χ1v) is 14.8. The third-order valence-corrected chi connectivity index (χ3v) is 8.39. The van der Waals surface area contributed by atoms with Gasteiger partial charge in [0, 0.05) is 49.0 Å². The first-order valence-electron chi connectivity index (χ1n) is 14.4. The fourth-order valence-electron chi connectivity index (χ4n) is 5.98. The number of rotatable bonds is 10. The Morgan fingerprint density at radius 1 is 1.00 bits per heavy atom. The van der Waals surface area contributed by atoms with Crippen molar-refractivity contribution in [2.45, 2.75) is 51.4 Å². The largest absolute Gasteiger partial charge is 0.488 e. The molecule has 0 spiro atoms. The van der Waals surface area contributed by atoms with Crippen LogP contribution in [0.25, 0.3) is 11.1 Å². The maximum Gasteiger partial charge on any atom is 0.142 e. The van der Waals surface area contributed by atoms with E-state index in [1.807, 2.05) is 18.2 Å². The number of nitrogens with one attached hydrogen (secondary N) is 1. The van der Waals surface area contributed by atoms with Gasteiger partial charge in [0.1, 0.15) is 36.1 Å². The highest BCUT2D eigenvalue weighted by Gasteiger charge is 2.28. The smallest absolute Gasteiger partial charge is 0.142 e. The van der Waals surface area contributed by atoms with Gasteiger partial charge in [0.25, 0.3) is 0 Å². The molecule has 1 heterocycles. The molecule has 0 radical (unpaired) electrons. The molecule has 4 aromatic rings. The summed E-state index contributed by atoms with van der Waals surface area (Å²) < 4.78 is 12.9. The van der Waals surface area contributed by atoms with Gasteiger partial charge in [-0.2, -0.15) is 5.26 Å². The Labute approximate surface area is 251 Å². The molecule has 2 atom stereocenters. The van der Waals surface area contributed by atoms with E-state index < -0.39 is 0 Å². The van der Waals surface area contributed by atoms with Gasteiger partial charge in [-0.25, -0.2) is 0 Å². The minimum absolute atomic E-state index is 0.116. The average Bonchev–Trinajstić information content (AvgIpc) is 3.63. The quantitative estimate of drug-likeness (QED) is 0.212. The van der Waals surface area contributed by atoms with Gasteiger partial charge in [-0.3, -0.25) is 9.78 Å². The van der Waals surface area contributed by atoms with E-state index in [4.69, 9.17) is 21.1 Å². The topological polar surface area (TPSA) is 84.2 Å². The van der Waals surface area contributed by atoms with Crippen molar-refractivity contribution in [1.82, 2.24) is 10.3 Å². The van der Waals surface area contributed by atoms with Crippen molar-refractivity contribution < 1.29 is 14.3 Å². The van der Waals surface area contributed by atoms with E-state index in [9.17, 15) is 10.1 Å². The number of pyridine rings is 1. The van der Waals surface area contributed by atoms with E-state index in [-0.39, 0.29) is 12.7 Å². The van der Waals surface area contributed by atoms with E-state index in [0.717, 1.165) is 36.9 Å². The number of ether oxygens (including phenoxy) is 2. The van der Waals surface area contributed by atoms with Gasteiger partial charge >= 0.3 is 0 Å². The molecule has 0 bridgehead atoms. The maximum atomic E-state index is 11.7. The summed E-state index contributed by atoms with van der Waals surface area (Å²) in [5.41, 5.74) is 7.14. The molecule has 1 N–H and O–H groups in total. The molecule has 2 aliphatic rings. The molecule has 1 fully saturated rings. The van der Waals surface area contributed by atoms with E-state index >= 15 is 0 Å². The zero-order chi connectivity index (χ0) is 28.9. The molecule has 1 aromatic heterocycles. The van der Waals surface area contributed by atoms with Crippen LogP contribution < -0.4 is 14.8 Å². The molecule has 1 unspecified atom stereocenters. The number of ketones is 1. The number of fused-ring (bicyclic) bond motifs is 1. The number of carbonyl (C=O) groups excluding carboxylic acids is 1. The van der Waals surface area contributed by atoms with Gasteiger partial charge in [-0.15, -0.1) is 0 Å². The molecule has 2 aliphatic carbocycles. The van der Waals surface area contributed by atoms with Crippen molar-refractivity contribution in [3.05, 3.63) is 112 Å². The zero-order valence-electron chi connectivity index (χ0n) is 23.3. The molecule has 6 rings (SSSR count). The predicted octanol–water partition coefficient (Wildman–Crippen LogP) is 7.38. The monoisotopic (exact) mass is 577 g/mol. The summed E-state index contributed by atoms with van der Waals surface area (Å²) in [7, 11) is 0. The number of hydrogen-bond donors (Lipinski definition) is 1. The lowest BCUT2D eigenvalue weighted by Gasteiger charge is -2.20. The first-order chi connectivity index (χ1) is 20.6. The summed E-state index contributed by atoms with van der Waals surface area (Å²) in [6, 6.07) is 24.5. The lowest BCUT2D eigenvalue weighted by atomic mass is 9.97. The van der Waals surface area contributed by atoms with Crippen molar-refractivity contribution in [3.8, 4) is 28.7 Å². The number of benzene rings is 3. The van der Waals surface area contributed by atoms with Gasteiger partial charge in [-0.05, 0) is 66.1 Å². The predicted molar refractivity (Wildman–Crippen MR) is 162 cm³/mol. The van der Waals surface area contributed by atoms with E-state index in [2.05, 4.69) is 58.8 Å². The van der Waals surface area contributed by atoms with Crippen molar-refractivity contribution in [2.24, 2.45) is 5.92 Å². The van der Waals surface area contributed by atoms with Crippen LogP contribution >= 0.6 is 11.6 Å². The van der Waals surface area contributed by atoms with E-state index in [1.165, 1.54) is 28.5 Å². The number of aromatic nitrogens is 1. The molecule has 42 heavy (non-hydrogen) atoms. The summed E-state index contributed by atoms with van der Waals surface area (Å²) in [5, 5.41) is 13.3. The summed E-state index contributed by atoms with van der Waals surface area (Å²) in [5.74, 6) is 1.93. The highest BCUT2D eigenvalue weighted by molar-refractivity contribution is 6.32. The van der Waals surface area contributed by atoms with Crippen LogP contribution in [-0.2, 0) is 24.4 Å². The number of Topliss-reactive ketones (excluding diaryl/α,β-unsaturated/α-hetero) is 1. The lowest BCUT2D eigenvalue weighted by molar-refractivity contribution is -0.117. The zero-order valence-corrected chi connectivity index (χ0v) is 24.1. The Bertz CT molecular complexity index is 1630. The van der Waals surface area contributed by atoms with Crippen molar-refractivity contribution in [2.75, 3.05) is 6.54 Å². The molecule has 0 saturated heterocycles. The lowest BCUT2D eigenvalue weighted by Crippen LogP contribution is -2.21. The van der Waals surface area contributed by atoms with Crippen LogP contribution in [0.2, 0.25) is 5.02 Å². The first kappa shape index (κ1) is 28.0. The molecular formula is C35H32ClN3O3. The van der Waals surface area contributed by atoms with E-state index in [1.54, 1.807) is 12.3 Å². The second kappa shape index (κ2) is 12.8. The highest BCUT2D eigenvalue weighted by atomic mass is 35.5. The van der Waals surface area contributed by atoms with Gasteiger partial charge < -0.3 is 14.8 Å². The third kappa shape index (κ3) is 6.33. The van der Waals surface area contributed by atoms with Gasteiger partial charge in [-0.1, -0.05) is 60.1 Å². The molecule has 1 saturated carbocycles. The van der Waals surface area contributed by atoms with Crippen LogP contribution in [0.4, 0.5) is 0 Å². The summed E-state index contributed by atoms with van der Waals surface area (Å²) >= 11 is 6.82. The fraction of sp³-hybridized carbons (Fsp3) is 0.286. The van der Waals surface area contributed by atoms with Gasteiger partial charge in [0.2, 0.25) is 0 Å². The Morgan fingerprint density at radius 3 is 2.69 bits per heavy atom. The van der Waals surface area contributed by atoms with Crippen LogP contribution in [0.1, 0.15) is 59.6 Å². The molecule has 0 amide bonds. The molecule has 0 aliphatic heterocycles. The number of nitriles is 1. The average molecular weight is 578 g/mol. The van der Waals surface area contributed by atoms with Crippen LogP contribution in [-0.4, -0.2) is 17.3 Å². The second-order valence-electron chi connectivity index (χ2n) is 11.0. The molecule has 3 aromatic carbocycles. The Hall–Kier alpha value is -4.18. The molecule has 6 nitrogen and oxygen atoms in total. The number of carbonyl (C=O) groups is 1. The number of hydrogen-bond acceptors (Lipinski definition) is 6. The maximum absolute atomic E-state index is 11.7. The summed E-state index contributed by atoms with van der Waals surface area (Å²) in [6.07, 6.45) is 7.15. The minimum Gasteiger partial charge on any atom is -0.488 e. The Morgan fingerprint density at radius 2 is 1.88 bits per heavy atom. The van der Waals surface area contributed by atoms with Crippen molar-refractivity contribution in [3.63, 3.8) is 0 Å². The fourth-order valence-corrected chi connectivity index (χ4v) is 6.21. The summed E-state index contributed by atoms with van der Waals surface area (Å²) in [4.78, 5) is 15.8. The van der Waals surface area contributed by atoms with Gasteiger partial charge in [0.05, 0.1) is 10.6 Å². The van der Waals surface area contributed by atoms with E-state index in [0.29, 0.717) is 53.2 Å². The summed E-state index contributed by atoms with van der Waals surface area (Å²) in [6.45, 7) is 1.56. The highest BCUT2D eigenvalue weighted by Crippen LogP contribution is 2.43. The Kier molecular flexibility index (Phi) is 8.50. The third-order valence-electron chi connectivity index (χ3n) is 8.10. The Balaban J connectivity index is 1.23. The molecular weight excluding hydrogens is 546 g/mol. The minimum atomic E-state index is -0.116. The van der Waals surface area contributed by atoms with Crippen LogP contribution in [0.5, 0.6) is 11.5 Å². The normalized spacial score (nSPS) is 17.6. The number of halogens is 1.